The number of anilines is 1. The maximum Gasteiger partial charge on any atom is 0.262 e. The van der Waals surface area contributed by atoms with E-state index in [0.717, 1.165) is 17.0 Å². The second-order valence-corrected chi connectivity index (χ2v) is 5.52. The Morgan fingerprint density at radius 2 is 2.19 bits per heavy atom. The van der Waals surface area contributed by atoms with Crippen molar-refractivity contribution in [3.63, 3.8) is 0 Å². The molecule has 84 valence electrons. The highest BCUT2D eigenvalue weighted by Crippen LogP contribution is 2.41. The third kappa shape index (κ3) is 1.51. The number of nitrogens with one attached hydrogen (secondary N) is 1. The monoisotopic (exact) mass is 283 g/mol. The lowest BCUT2D eigenvalue weighted by atomic mass is 9.96. The molecule has 0 spiro atoms. The number of rotatable bonds is 1. The summed E-state index contributed by atoms with van der Waals surface area (Å²) in [6.45, 7) is 1.40. The summed E-state index contributed by atoms with van der Waals surface area (Å²) >= 11 is 3.64. The molecule has 3 rings (SSSR count). The Hall–Kier alpha value is -1.07. The Bertz CT molecular complexity index is 457. The maximum absolute atomic E-state index is 11.2. The van der Waals surface area contributed by atoms with Crippen LogP contribution in [0.2, 0.25) is 0 Å². The average molecular weight is 284 g/mol. The van der Waals surface area contributed by atoms with Gasteiger partial charge in [0.1, 0.15) is 5.75 Å². The van der Waals surface area contributed by atoms with E-state index in [1.54, 1.807) is 0 Å². The van der Waals surface area contributed by atoms with Gasteiger partial charge in [-0.1, -0.05) is 22.0 Å². The smallest absolute Gasteiger partial charge is 0.262 e. The number of hydrogen-bond acceptors (Lipinski definition) is 3. The fourth-order valence-electron chi connectivity index (χ4n) is 1.81. The van der Waals surface area contributed by atoms with E-state index in [1.807, 2.05) is 18.2 Å². The van der Waals surface area contributed by atoms with Gasteiger partial charge in [-0.2, -0.15) is 0 Å². The average Bonchev–Trinajstić information content (AvgIpc) is 2.25. The van der Waals surface area contributed by atoms with Gasteiger partial charge in [0.2, 0.25) is 0 Å². The SMILES string of the molecule is O=C1COc2ccc(C3(Br)COC3)cc2N1. The molecule has 0 bridgehead atoms. The summed E-state index contributed by atoms with van der Waals surface area (Å²) in [5, 5.41) is 2.79. The first kappa shape index (κ1) is 10.1. The van der Waals surface area contributed by atoms with Crippen molar-refractivity contribution in [1.82, 2.24) is 0 Å². The van der Waals surface area contributed by atoms with Crippen LogP contribution < -0.4 is 10.1 Å². The second-order valence-electron chi connectivity index (χ2n) is 4.01. The van der Waals surface area contributed by atoms with Crippen molar-refractivity contribution in [2.24, 2.45) is 0 Å². The van der Waals surface area contributed by atoms with Gasteiger partial charge in [0.25, 0.3) is 5.91 Å². The molecule has 0 saturated carbocycles. The van der Waals surface area contributed by atoms with E-state index >= 15 is 0 Å². The number of ether oxygens (including phenoxy) is 2. The molecule has 2 heterocycles. The van der Waals surface area contributed by atoms with Gasteiger partial charge < -0.3 is 14.8 Å². The normalized spacial score (nSPS) is 21.4. The van der Waals surface area contributed by atoms with Crippen LogP contribution in [0.1, 0.15) is 5.56 Å². The van der Waals surface area contributed by atoms with Crippen LogP contribution in [-0.4, -0.2) is 25.7 Å². The number of hydrogen-bond donors (Lipinski definition) is 1. The molecule has 1 fully saturated rings. The van der Waals surface area contributed by atoms with Crippen molar-refractivity contribution in [2.45, 2.75) is 4.32 Å². The van der Waals surface area contributed by atoms with Gasteiger partial charge >= 0.3 is 0 Å². The van der Waals surface area contributed by atoms with Crippen LogP contribution >= 0.6 is 15.9 Å². The molecule has 1 saturated heterocycles. The van der Waals surface area contributed by atoms with E-state index in [1.165, 1.54) is 0 Å². The molecule has 2 aliphatic rings. The van der Waals surface area contributed by atoms with E-state index in [9.17, 15) is 4.79 Å². The van der Waals surface area contributed by atoms with E-state index in [2.05, 4.69) is 21.2 Å². The fourth-order valence-corrected chi connectivity index (χ4v) is 2.38. The zero-order chi connectivity index (χ0) is 11.2. The first-order valence-electron chi connectivity index (χ1n) is 5.01. The molecule has 2 aliphatic heterocycles. The summed E-state index contributed by atoms with van der Waals surface area (Å²) in [7, 11) is 0. The summed E-state index contributed by atoms with van der Waals surface area (Å²) in [6.07, 6.45) is 0. The minimum absolute atomic E-state index is 0.0922. The molecule has 1 aromatic carbocycles. The number of amides is 1. The summed E-state index contributed by atoms with van der Waals surface area (Å²) in [5.41, 5.74) is 1.84. The van der Waals surface area contributed by atoms with E-state index in [-0.39, 0.29) is 16.8 Å². The number of carbonyl (C=O) groups is 1. The Morgan fingerprint density at radius 3 is 2.88 bits per heavy atom. The third-order valence-electron chi connectivity index (χ3n) is 2.79. The Labute approximate surface area is 101 Å². The molecule has 0 aliphatic carbocycles. The molecule has 0 radical (unpaired) electrons. The zero-order valence-electron chi connectivity index (χ0n) is 8.46. The summed E-state index contributed by atoms with van der Waals surface area (Å²) in [5.74, 6) is 0.609. The fraction of sp³-hybridized carbons (Fsp3) is 0.364. The molecular weight excluding hydrogens is 274 g/mol. The van der Waals surface area contributed by atoms with Crippen molar-refractivity contribution in [3.8, 4) is 5.75 Å². The predicted octanol–water partition coefficient (Wildman–Crippen LogP) is 1.64. The Morgan fingerprint density at radius 1 is 1.38 bits per heavy atom. The van der Waals surface area contributed by atoms with Crippen LogP contribution in [-0.2, 0) is 13.9 Å². The lowest BCUT2D eigenvalue weighted by molar-refractivity contribution is -0.118. The van der Waals surface area contributed by atoms with Crippen LogP contribution in [0.15, 0.2) is 18.2 Å². The van der Waals surface area contributed by atoms with Gasteiger partial charge in [0.05, 0.1) is 23.2 Å². The lowest BCUT2D eigenvalue weighted by Gasteiger charge is -2.37. The second kappa shape index (κ2) is 3.46. The quantitative estimate of drug-likeness (QED) is 0.797. The van der Waals surface area contributed by atoms with Crippen LogP contribution in [0.4, 0.5) is 5.69 Å². The minimum Gasteiger partial charge on any atom is -0.482 e. The molecule has 1 N–H and O–H groups in total. The van der Waals surface area contributed by atoms with Crippen LogP contribution in [0.5, 0.6) is 5.75 Å². The molecule has 16 heavy (non-hydrogen) atoms. The van der Waals surface area contributed by atoms with E-state index in [4.69, 9.17) is 9.47 Å². The first-order valence-corrected chi connectivity index (χ1v) is 5.80. The topological polar surface area (TPSA) is 47.6 Å². The molecular formula is C11H10BrNO3. The number of carbonyl (C=O) groups excluding carboxylic acids is 1. The van der Waals surface area contributed by atoms with Gasteiger partial charge in [-0.05, 0) is 17.7 Å². The number of halogens is 1. The lowest BCUT2D eigenvalue weighted by Crippen LogP contribution is -2.41. The van der Waals surface area contributed by atoms with Gasteiger partial charge in [-0.3, -0.25) is 4.79 Å². The van der Waals surface area contributed by atoms with E-state index in [0.29, 0.717) is 13.2 Å². The summed E-state index contributed by atoms with van der Waals surface area (Å²) < 4.78 is 10.4. The van der Waals surface area contributed by atoms with Crippen LogP contribution in [0, 0.1) is 0 Å². The maximum atomic E-state index is 11.2. The zero-order valence-corrected chi connectivity index (χ0v) is 10.0. The third-order valence-corrected chi connectivity index (χ3v) is 3.71. The molecule has 1 amide bonds. The minimum atomic E-state index is -0.113. The largest absolute Gasteiger partial charge is 0.482 e. The molecule has 0 unspecified atom stereocenters. The number of fused-ring (bicyclic) bond motifs is 1. The highest BCUT2D eigenvalue weighted by atomic mass is 79.9. The molecule has 0 aromatic heterocycles. The molecule has 5 heteroatoms. The molecule has 0 atom stereocenters. The van der Waals surface area contributed by atoms with Gasteiger partial charge in [0.15, 0.2) is 6.61 Å². The highest BCUT2D eigenvalue weighted by molar-refractivity contribution is 9.09. The van der Waals surface area contributed by atoms with Crippen molar-refractivity contribution >= 4 is 27.5 Å². The van der Waals surface area contributed by atoms with Crippen molar-refractivity contribution in [3.05, 3.63) is 23.8 Å². The van der Waals surface area contributed by atoms with Crippen LogP contribution in [0.3, 0.4) is 0 Å². The number of alkyl halides is 1. The van der Waals surface area contributed by atoms with Crippen molar-refractivity contribution in [1.29, 1.82) is 0 Å². The van der Waals surface area contributed by atoms with Gasteiger partial charge in [0, 0.05) is 0 Å². The van der Waals surface area contributed by atoms with Crippen molar-refractivity contribution < 1.29 is 14.3 Å². The molecule has 1 aromatic rings. The van der Waals surface area contributed by atoms with Gasteiger partial charge in [-0.15, -0.1) is 0 Å². The first-order chi connectivity index (χ1) is 7.67. The standard InChI is InChI=1S/C11H10BrNO3/c12-11(5-15-6-11)7-1-2-9-8(3-7)13-10(14)4-16-9/h1-3H,4-6H2,(H,13,14). The Balaban J connectivity index is 1.98. The highest BCUT2D eigenvalue weighted by Gasteiger charge is 2.38. The number of benzene rings is 1. The van der Waals surface area contributed by atoms with E-state index < -0.39 is 0 Å². The predicted molar refractivity (Wildman–Crippen MR) is 62.0 cm³/mol. The summed E-state index contributed by atoms with van der Waals surface area (Å²) in [4.78, 5) is 11.2. The summed E-state index contributed by atoms with van der Waals surface area (Å²) in [6, 6.07) is 5.81. The Kier molecular flexibility index (Phi) is 2.19. The van der Waals surface area contributed by atoms with Crippen molar-refractivity contribution in [2.75, 3.05) is 25.1 Å². The van der Waals surface area contributed by atoms with Gasteiger partial charge in [-0.25, -0.2) is 0 Å². The molecule has 4 nitrogen and oxygen atoms in total. The van der Waals surface area contributed by atoms with Crippen LogP contribution in [0.25, 0.3) is 0 Å².